The first kappa shape index (κ1) is 45.6. The predicted octanol–water partition coefficient (Wildman–Crippen LogP) is 5.72. The van der Waals surface area contributed by atoms with Gasteiger partial charge in [-0.05, 0) is 51.5 Å². The lowest BCUT2D eigenvalue weighted by Crippen LogP contribution is -2.53. The molecule has 1 aliphatic heterocycles. The Morgan fingerprint density at radius 3 is 2.34 bits per heavy atom. The normalized spacial score (nSPS) is 24.3. The number of ether oxygens (including phenoxy) is 3. The van der Waals surface area contributed by atoms with E-state index in [1.54, 1.807) is 6.92 Å². The van der Waals surface area contributed by atoms with Crippen molar-refractivity contribution in [2.45, 2.75) is 146 Å². The highest BCUT2D eigenvalue weighted by Gasteiger charge is 2.49. The van der Waals surface area contributed by atoms with Gasteiger partial charge in [-0.2, -0.15) is 5.10 Å². The van der Waals surface area contributed by atoms with Crippen LogP contribution in [0.2, 0.25) is 0 Å². The van der Waals surface area contributed by atoms with Crippen molar-refractivity contribution in [1.29, 1.82) is 0 Å². The molecule has 1 fully saturated rings. The van der Waals surface area contributed by atoms with Crippen LogP contribution in [0.4, 0.5) is 0 Å². The summed E-state index contributed by atoms with van der Waals surface area (Å²) in [5, 5.41) is 60.9. The number of aromatic hydroxyl groups is 2. The highest BCUT2D eigenvalue weighted by Crippen LogP contribution is 2.52. The molecule has 14 nitrogen and oxygen atoms in total. The molecule has 5 rings (SSSR count). The average Bonchev–Trinajstić information content (AvgIpc) is 3.21. The number of rotatable bonds is 20. The van der Waals surface area contributed by atoms with Crippen molar-refractivity contribution in [2.75, 3.05) is 13.7 Å². The molecule has 1 heterocycles. The van der Waals surface area contributed by atoms with Crippen LogP contribution in [0.25, 0.3) is 0 Å². The largest absolute Gasteiger partial charge is 0.507 e. The number of nitrogens with zero attached hydrogens (tertiary/aromatic N) is 1. The average molecular weight is 820 g/mol. The summed E-state index contributed by atoms with van der Waals surface area (Å²) >= 11 is 0. The zero-order valence-corrected chi connectivity index (χ0v) is 34.5. The predicted molar refractivity (Wildman–Crippen MR) is 222 cm³/mol. The third-order valence-electron chi connectivity index (χ3n) is 11.5. The van der Waals surface area contributed by atoms with Crippen molar-refractivity contribution in [1.82, 2.24) is 5.43 Å². The Morgan fingerprint density at radius 2 is 1.66 bits per heavy atom. The molecule has 1 amide bonds. The summed E-state index contributed by atoms with van der Waals surface area (Å²) < 4.78 is 17.5. The molecule has 3 aliphatic rings. The van der Waals surface area contributed by atoms with E-state index in [9.17, 15) is 39.9 Å². The molecular weight excluding hydrogens is 759 g/mol. The zero-order valence-electron chi connectivity index (χ0n) is 34.5. The number of phenols is 2. The molecule has 0 saturated carbocycles. The molecule has 322 valence electrons. The van der Waals surface area contributed by atoms with E-state index >= 15 is 0 Å². The lowest BCUT2D eigenvalue weighted by molar-refractivity contribution is -0.245. The maximum Gasteiger partial charge on any atom is 0.240 e. The number of methoxy groups -OCH3 is 1. The summed E-state index contributed by atoms with van der Waals surface area (Å²) in [6, 6.07) is 3.68. The zero-order chi connectivity index (χ0) is 42.7. The first-order valence-electron chi connectivity index (χ1n) is 21.0. The van der Waals surface area contributed by atoms with Gasteiger partial charge in [-0.3, -0.25) is 14.4 Å². The van der Waals surface area contributed by atoms with Crippen LogP contribution >= 0.6 is 0 Å². The van der Waals surface area contributed by atoms with Crippen molar-refractivity contribution in [3.05, 3.63) is 75.9 Å². The van der Waals surface area contributed by atoms with Crippen LogP contribution in [0.1, 0.15) is 153 Å². The number of hydrogen-bond acceptors (Lipinski definition) is 13. The highest BCUT2D eigenvalue weighted by molar-refractivity contribution is 6.31. The van der Waals surface area contributed by atoms with Gasteiger partial charge in [0, 0.05) is 48.4 Å². The van der Waals surface area contributed by atoms with Crippen LogP contribution in [0.5, 0.6) is 17.2 Å². The SMILES string of the molecule is CCCCC/C=C\C/C=C\CCCCCCCC(=O)N/N=C(\CO)[C@]1(O)Cc2c(O)c3c(c(O)c2[C@@H](O[C@H]2C[C@H](N)[C@H](O)[C@H](C)O2)C1)C(=O)c1c(OC)cccc1C3=O. The minimum atomic E-state index is -2.10. The molecule has 2 aliphatic carbocycles. The van der Waals surface area contributed by atoms with E-state index in [0.29, 0.717) is 6.42 Å². The van der Waals surface area contributed by atoms with Crippen LogP contribution in [0.15, 0.2) is 47.6 Å². The number of ketones is 2. The van der Waals surface area contributed by atoms with E-state index in [1.807, 2.05) is 0 Å². The number of hydrazone groups is 1. The number of nitrogens with two attached hydrogens (primary N) is 1. The maximum atomic E-state index is 14.0. The lowest BCUT2D eigenvalue weighted by atomic mass is 9.71. The van der Waals surface area contributed by atoms with Crippen LogP contribution < -0.4 is 15.9 Å². The fourth-order valence-corrected chi connectivity index (χ4v) is 8.18. The number of aliphatic hydroxyl groups is 3. The van der Waals surface area contributed by atoms with Gasteiger partial charge in [-0.1, -0.05) is 75.5 Å². The molecule has 0 radical (unpaired) electrons. The van der Waals surface area contributed by atoms with Crippen LogP contribution in [-0.4, -0.2) is 92.6 Å². The maximum absolute atomic E-state index is 14.0. The van der Waals surface area contributed by atoms with E-state index in [1.165, 1.54) is 44.6 Å². The van der Waals surface area contributed by atoms with Gasteiger partial charge in [-0.25, -0.2) is 5.43 Å². The molecule has 1 saturated heterocycles. The van der Waals surface area contributed by atoms with E-state index in [4.69, 9.17) is 19.9 Å². The first-order chi connectivity index (χ1) is 28.4. The second-order valence-electron chi connectivity index (χ2n) is 15.8. The minimum absolute atomic E-state index is 0.0145. The topological polar surface area (TPSA) is 230 Å². The molecule has 2 aromatic rings. The van der Waals surface area contributed by atoms with E-state index in [-0.39, 0.29) is 53.0 Å². The van der Waals surface area contributed by atoms with E-state index in [2.05, 4.69) is 41.8 Å². The standard InChI is InChI=1S/C45H61N3O11/c1-4-5-6-7-8-9-10-11-12-13-14-15-16-17-18-22-34(50)48-47-33(26-49)45(56)24-29-37(32(25-45)59-35-23-30(46)40(51)27(2)58-35)44(55)39-38(42(29)53)41(52)28-20-19-21-31(57-3)36(28)43(39)54/h8-9,11-12,19-21,27,30,32,35,40,49,51,53,55-56H,4-7,10,13-18,22-26,46H2,1-3H3,(H,48,50)/b9-8-,12-11-,47-33+/t27-,30-,32-,35-,40+,45-/m0/s1. The Kier molecular flexibility index (Phi) is 16.4. The molecule has 14 heteroatoms. The lowest BCUT2D eigenvalue weighted by Gasteiger charge is -2.43. The summed E-state index contributed by atoms with van der Waals surface area (Å²) in [5.74, 6) is -3.14. The number of hydrogen-bond donors (Lipinski definition) is 7. The van der Waals surface area contributed by atoms with Crippen molar-refractivity contribution < 1.29 is 54.1 Å². The summed E-state index contributed by atoms with van der Waals surface area (Å²) in [4.78, 5) is 40.8. The molecular formula is C45H61N3O11. The Bertz CT molecular complexity index is 1900. The van der Waals surface area contributed by atoms with Gasteiger partial charge in [0.05, 0.1) is 54.4 Å². The van der Waals surface area contributed by atoms with Crippen LogP contribution in [0, 0.1) is 0 Å². The smallest absolute Gasteiger partial charge is 0.240 e. The fraction of sp³-hybridized carbons (Fsp3) is 0.556. The van der Waals surface area contributed by atoms with E-state index in [0.717, 1.165) is 44.9 Å². The first-order valence-corrected chi connectivity index (χ1v) is 21.0. The van der Waals surface area contributed by atoms with Gasteiger partial charge < -0.3 is 45.5 Å². The van der Waals surface area contributed by atoms with Gasteiger partial charge in [0.1, 0.15) is 22.8 Å². The number of allylic oxidation sites excluding steroid dienone is 4. The molecule has 0 aromatic heterocycles. The number of aliphatic hydroxyl groups excluding tert-OH is 2. The quantitative estimate of drug-likeness (QED) is 0.0239. The summed E-state index contributed by atoms with van der Waals surface area (Å²) in [7, 11) is 1.34. The van der Waals surface area contributed by atoms with Gasteiger partial charge in [-0.15, -0.1) is 0 Å². The molecule has 0 bridgehead atoms. The number of benzene rings is 2. The molecule has 0 spiro atoms. The summed E-state index contributed by atoms with van der Waals surface area (Å²) in [6.45, 7) is 3.00. The van der Waals surface area contributed by atoms with Crippen LogP contribution in [0.3, 0.4) is 0 Å². The Balaban J connectivity index is 1.29. The number of nitrogens with one attached hydrogen (secondary N) is 1. The number of phenolic OH excluding ortho intramolecular Hbond substituents is 2. The summed E-state index contributed by atoms with van der Waals surface area (Å²) in [5.41, 5.74) is 4.99. The van der Waals surface area contributed by atoms with Gasteiger partial charge in [0.25, 0.3) is 0 Å². The number of amides is 1. The summed E-state index contributed by atoms with van der Waals surface area (Å²) in [6.07, 6.45) is 15.5. The highest BCUT2D eigenvalue weighted by atomic mass is 16.7. The number of carbonyl (C=O) groups excluding carboxylic acids is 3. The van der Waals surface area contributed by atoms with Gasteiger partial charge in [0.2, 0.25) is 11.7 Å². The minimum Gasteiger partial charge on any atom is -0.507 e. The monoisotopic (exact) mass is 819 g/mol. The van der Waals surface area contributed by atoms with Crippen molar-refractivity contribution in [2.24, 2.45) is 10.8 Å². The Hall–Kier alpha value is -4.44. The Labute approximate surface area is 346 Å². The number of carbonyl (C=O) groups is 3. The van der Waals surface area contributed by atoms with Gasteiger partial charge in [0.15, 0.2) is 12.1 Å². The van der Waals surface area contributed by atoms with Crippen LogP contribution in [-0.2, 0) is 20.7 Å². The number of unbranched alkanes of at least 4 members (excludes halogenated alkanes) is 8. The Morgan fingerprint density at radius 1 is 0.983 bits per heavy atom. The molecule has 0 unspecified atom stereocenters. The third kappa shape index (κ3) is 10.7. The van der Waals surface area contributed by atoms with Crippen molar-refractivity contribution >= 4 is 23.2 Å². The molecule has 59 heavy (non-hydrogen) atoms. The fourth-order valence-electron chi connectivity index (χ4n) is 8.18. The molecule has 6 atom stereocenters. The third-order valence-corrected chi connectivity index (χ3v) is 11.5. The molecule has 8 N–H and O–H groups in total. The molecule has 2 aromatic carbocycles. The van der Waals surface area contributed by atoms with Crippen molar-refractivity contribution in [3.8, 4) is 17.2 Å². The second kappa shape index (κ2) is 21.2. The van der Waals surface area contributed by atoms with Crippen molar-refractivity contribution in [3.63, 3.8) is 0 Å². The van der Waals surface area contributed by atoms with Gasteiger partial charge >= 0.3 is 0 Å². The number of fused-ring (bicyclic) bond motifs is 3. The second-order valence-corrected chi connectivity index (χ2v) is 15.8. The van der Waals surface area contributed by atoms with E-state index < -0.39 is 89.4 Å².